The molecule has 3 nitrogen and oxygen atoms in total. The molecule has 5 heteroatoms. The molecular formula is C19H23ClFN3. The van der Waals surface area contributed by atoms with Crippen LogP contribution in [0.4, 0.5) is 21.5 Å². The molecule has 0 aliphatic heterocycles. The van der Waals surface area contributed by atoms with E-state index in [4.69, 9.17) is 11.6 Å². The molecule has 0 saturated carbocycles. The van der Waals surface area contributed by atoms with Gasteiger partial charge in [0.25, 0.3) is 0 Å². The quantitative estimate of drug-likeness (QED) is 0.527. The molecule has 0 saturated heterocycles. The van der Waals surface area contributed by atoms with Gasteiger partial charge in [0.1, 0.15) is 5.82 Å². The van der Waals surface area contributed by atoms with Crippen molar-refractivity contribution < 1.29 is 4.39 Å². The second-order valence-corrected chi connectivity index (χ2v) is 6.31. The van der Waals surface area contributed by atoms with Crippen molar-refractivity contribution in [1.29, 1.82) is 0 Å². The van der Waals surface area contributed by atoms with E-state index in [-0.39, 0.29) is 5.82 Å². The molecule has 24 heavy (non-hydrogen) atoms. The molecular weight excluding hydrogens is 325 g/mol. The summed E-state index contributed by atoms with van der Waals surface area (Å²) >= 11 is 6.32. The Labute approximate surface area is 148 Å². The van der Waals surface area contributed by atoms with Crippen molar-refractivity contribution in [3.8, 4) is 0 Å². The van der Waals surface area contributed by atoms with Crippen molar-refractivity contribution in [2.45, 2.75) is 20.8 Å². The second-order valence-electron chi connectivity index (χ2n) is 5.90. The summed E-state index contributed by atoms with van der Waals surface area (Å²) in [6, 6.07) is 8.75. The van der Waals surface area contributed by atoms with Gasteiger partial charge in [0.15, 0.2) is 0 Å². The van der Waals surface area contributed by atoms with E-state index >= 15 is 0 Å². The summed E-state index contributed by atoms with van der Waals surface area (Å²) in [6.45, 7) is 6.81. The largest absolute Gasteiger partial charge is 0.366 e. The fourth-order valence-electron chi connectivity index (χ4n) is 2.38. The predicted molar refractivity (Wildman–Crippen MR) is 102 cm³/mol. The molecule has 0 aliphatic carbocycles. The molecule has 2 aromatic carbocycles. The van der Waals surface area contributed by atoms with E-state index in [1.807, 2.05) is 62.9 Å². The van der Waals surface area contributed by atoms with Crippen molar-refractivity contribution in [3.05, 3.63) is 52.3 Å². The zero-order valence-electron chi connectivity index (χ0n) is 14.8. The van der Waals surface area contributed by atoms with E-state index in [9.17, 15) is 4.39 Å². The first-order valence-corrected chi connectivity index (χ1v) is 8.25. The van der Waals surface area contributed by atoms with E-state index < -0.39 is 0 Å². The molecule has 0 fully saturated rings. The second kappa shape index (κ2) is 7.67. The summed E-state index contributed by atoms with van der Waals surface area (Å²) < 4.78 is 14.1. The van der Waals surface area contributed by atoms with Crippen LogP contribution >= 0.6 is 11.6 Å². The van der Waals surface area contributed by atoms with Crippen molar-refractivity contribution >= 4 is 35.0 Å². The van der Waals surface area contributed by atoms with Crippen LogP contribution in [0.15, 0.2) is 35.3 Å². The minimum atomic E-state index is -0.322. The van der Waals surface area contributed by atoms with Crippen LogP contribution in [0.5, 0.6) is 0 Å². The predicted octanol–water partition coefficient (Wildman–Crippen LogP) is 5.48. The molecule has 0 N–H and O–H groups in total. The van der Waals surface area contributed by atoms with Crippen LogP contribution < -0.4 is 4.90 Å². The Morgan fingerprint density at radius 3 is 2.50 bits per heavy atom. The lowest BCUT2D eigenvalue weighted by Crippen LogP contribution is -2.14. The first kappa shape index (κ1) is 18.3. The van der Waals surface area contributed by atoms with Crippen molar-refractivity contribution in [2.75, 3.05) is 25.5 Å². The van der Waals surface area contributed by atoms with Crippen molar-refractivity contribution in [2.24, 2.45) is 4.99 Å². The van der Waals surface area contributed by atoms with Gasteiger partial charge in [0, 0.05) is 26.3 Å². The Bertz CT molecular complexity index is 759. The molecule has 0 heterocycles. The van der Waals surface area contributed by atoms with Crippen LogP contribution in [0.25, 0.3) is 0 Å². The number of hydrogen-bond donors (Lipinski definition) is 0. The lowest BCUT2D eigenvalue weighted by Gasteiger charge is -2.24. The highest BCUT2D eigenvalue weighted by Gasteiger charge is 2.14. The molecule has 0 bridgehead atoms. The van der Waals surface area contributed by atoms with E-state index in [1.54, 1.807) is 6.34 Å². The number of benzene rings is 2. The third-order valence-corrected chi connectivity index (χ3v) is 4.35. The van der Waals surface area contributed by atoms with Gasteiger partial charge >= 0.3 is 0 Å². The van der Waals surface area contributed by atoms with Gasteiger partial charge in [-0.25, -0.2) is 9.38 Å². The first-order valence-electron chi connectivity index (χ1n) is 7.88. The third kappa shape index (κ3) is 4.06. The average Bonchev–Trinajstić information content (AvgIpc) is 2.56. The van der Waals surface area contributed by atoms with E-state index in [2.05, 4.69) is 4.99 Å². The summed E-state index contributed by atoms with van der Waals surface area (Å²) in [5, 5.41) is 0.627. The number of aryl methyl sites for hydroxylation is 1. The lowest BCUT2D eigenvalue weighted by molar-refractivity contribution is 0.552. The highest BCUT2D eigenvalue weighted by Crippen LogP contribution is 2.36. The molecule has 0 atom stereocenters. The van der Waals surface area contributed by atoms with E-state index in [1.165, 1.54) is 12.1 Å². The summed E-state index contributed by atoms with van der Waals surface area (Å²) in [5.74, 6) is -0.322. The number of nitrogens with zero attached hydrogens (tertiary/aromatic N) is 3. The number of rotatable bonds is 5. The fraction of sp³-hybridized carbons (Fsp3) is 0.316. The van der Waals surface area contributed by atoms with Gasteiger partial charge in [-0.1, -0.05) is 17.7 Å². The molecule has 128 valence electrons. The summed E-state index contributed by atoms with van der Waals surface area (Å²) in [7, 11) is 3.81. The standard InChI is InChI=1S/C19H23ClFN3/c1-6-23(4)12-22-17-10-15(21)11-18(14(17)3)24(5)19-9-13(2)7-8-16(19)20/h7-12H,6H2,1-5H3. The fourth-order valence-corrected chi connectivity index (χ4v) is 2.63. The Balaban J connectivity index is 2.48. The highest BCUT2D eigenvalue weighted by molar-refractivity contribution is 6.33. The maximum atomic E-state index is 14.1. The molecule has 0 aromatic heterocycles. The monoisotopic (exact) mass is 347 g/mol. The number of anilines is 2. The van der Waals surface area contributed by atoms with Crippen LogP contribution in [0.2, 0.25) is 5.02 Å². The molecule has 0 aliphatic rings. The zero-order chi connectivity index (χ0) is 17.9. The number of aliphatic imine (C=N–C) groups is 1. The highest BCUT2D eigenvalue weighted by atomic mass is 35.5. The minimum absolute atomic E-state index is 0.322. The van der Waals surface area contributed by atoms with Gasteiger partial charge < -0.3 is 9.80 Å². The third-order valence-electron chi connectivity index (χ3n) is 4.03. The molecule has 2 rings (SSSR count). The van der Waals surface area contributed by atoms with Crippen LogP contribution in [-0.2, 0) is 0 Å². The van der Waals surface area contributed by atoms with Crippen LogP contribution in [-0.4, -0.2) is 31.9 Å². The normalized spacial score (nSPS) is 11.1. The number of halogens is 2. The van der Waals surface area contributed by atoms with Crippen molar-refractivity contribution in [3.63, 3.8) is 0 Å². The summed E-state index contributed by atoms with van der Waals surface area (Å²) in [4.78, 5) is 8.25. The minimum Gasteiger partial charge on any atom is -0.366 e. The van der Waals surface area contributed by atoms with Crippen LogP contribution in [0.3, 0.4) is 0 Å². The maximum Gasteiger partial charge on any atom is 0.127 e. The van der Waals surface area contributed by atoms with Crippen LogP contribution in [0.1, 0.15) is 18.1 Å². The summed E-state index contributed by atoms with van der Waals surface area (Å²) in [5.41, 5.74) is 4.19. The average molecular weight is 348 g/mol. The van der Waals surface area contributed by atoms with Gasteiger partial charge in [-0.2, -0.15) is 0 Å². The molecule has 0 spiro atoms. The van der Waals surface area contributed by atoms with E-state index in [0.717, 1.165) is 29.0 Å². The molecule has 0 unspecified atom stereocenters. The van der Waals surface area contributed by atoms with Gasteiger partial charge in [0.05, 0.1) is 22.7 Å². The first-order chi connectivity index (χ1) is 11.3. The van der Waals surface area contributed by atoms with E-state index in [0.29, 0.717) is 10.7 Å². The van der Waals surface area contributed by atoms with Gasteiger partial charge in [-0.05, 0) is 56.2 Å². The zero-order valence-corrected chi connectivity index (χ0v) is 15.5. The Hall–Kier alpha value is -2.07. The lowest BCUT2D eigenvalue weighted by atomic mass is 10.1. The number of hydrogen-bond acceptors (Lipinski definition) is 2. The Morgan fingerprint density at radius 1 is 1.12 bits per heavy atom. The Morgan fingerprint density at radius 2 is 1.83 bits per heavy atom. The maximum absolute atomic E-state index is 14.1. The SMILES string of the molecule is CCN(C)C=Nc1cc(F)cc(N(C)c2cc(C)ccc2Cl)c1C. The van der Waals surface area contributed by atoms with Crippen molar-refractivity contribution in [1.82, 2.24) is 4.90 Å². The van der Waals surface area contributed by atoms with Crippen LogP contribution in [0, 0.1) is 19.7 Å². The van der Waals surface area contributed by atoms with Gasteiger partial charge in [0.2, 0.25) is 0 Å². The molecule has 2 aromatic rings. The molecule has 0 amide bonds. The summed E-state index contributed by atoms with van der Waals surface area (Å²) in [6.07, 6.45) is 1.71. The van der Waals surface area contributed by atoms with Gasteiger partial charge in [-0.3, -0.25) is 0 Å². The Kier molecular flexibility index (Phi) is 5.84. The van der Waals surface area contributed by atoms with Gasteiger partial charge in [-0.15, -0.1) is 0 Å². The topological polar surface area (TPSA) is 18.8 Å². The molecule has 0 radical (unpaired) electrons. The smallest absolute Gasteiger partial charge is 0.127 e.